The summed E-state index contributed by atoms with van der Waals surface area (Å²) in [5, 5.41) is 0.806. The van der Waals surface area contributed by atoms with E-state index in [1.54, 1.807) is 17.4 Å². The van der Waals surface area contributed by atoms with Crippen LogP contribution in [0.3, 0.4) is 0 Å². The number of halogens is 2. The van der Waals surface area contributed by atoms with Crippen LogP contribution >= 0.6 is 27.3 Å². The maximum Gasteiger partial charge on any atom is 0.126 e. The molecule has 0 spiro atoms. The first-order valence-electron chi connectivity index (χ1n) is 5.25. The van der Waals surface area contributed by atoms with E-state index >= 15 is 0 Å². The maximum atomic E-state index is 13.0. The van der Waals surface area contributed by atoms with Gasteiger partial charge in [-0.25, -0.2) is 9.37 Å². The smallest absolute Gasteiger partial charge is 0.126 e. The van der Waals surface area contributed by atoms with Gasteiger partial charge < -0.3 is 5.73 Å². The van der Waals surface area contributed by atoms with Crippen molar-refractivity contribution in [3.8, 4) is 10.6 Å². The Morgan fingerprint density at radius 1 is 1.17 bits per heavy atom. The van der Waals surface area contributed by atoms with Crippen LogP contribution in [-0.2, 0) is 0 Å². The third-order valence-electron chi connectivity index (χ3n) is 2.59. The largest absolute Gasteiger partial charge is 0.398 e. The molecule has 0 aliphatic rings. The monoisotopic (exact) mass is 322 g/mol. The molecule has 1 heterocycles. The molecule has 1 aromatic heterocycles. The van der Waals surface area contributed by atoms with Gasteiger partial charge in [-0.1, -0.05) is 15.9 Å². The van der Waals surface area contributed by atoms with E-state index in [4.69, 9.17) is 5.73 Å². The van der Waals surface area contributed by atoms with Crippen molar-refractivity contribution in [2.75, 3.05) is 5.73 Å². The number of anilines is 1. The van der Waals surface area contributed by atoms with Crippen LogP contribution in [-0.4, -0.2) is 4.98 Å². The van der Waals surface area contributed by atoms with E-state index in [0.717, 1.165) is 25.3 Å². The number of aromatic nitrogens is 1. The first-order valence-corrected chi connectivity index (χ1v) is 6.86. The summed E-state index contributed by atoms with van der Waals surface area (Å²) in [6.07, 6.45) is 0. The summed E-state index contributed by atoms with van der Waals surface area (Å²) in [6.45, 7) is 0. The third kappa shape index (κ3) is 2.00. The number of nitrogen functional groups attached to an aromatic ring is 1. The molecule has 0 radical (unpaired) electrons. The molecule has 0 saturated heterocycles. The summed E-state index contributed by atoms with van der Waals surface area (Å²) >= 11 is 4.97. The Balaban J connectivity index is 2.19. The molecule has 0 bridgehead atoms. The first-order chi connectivity index (χ1) is 8.63. The van der Waals surface area contributed by atoms with E-state index in [1.807, 2.05) is 18.2 Å². The van der Waals surface area contributed by atoms with Gasteiger partial charge in [-0.15, -0.1) is 11.3 Å². The fraction of sp³-hybridized carbons (Fsp3) is 0. The van der Waals surface area contributed by atoms with Crippen molar-refractivity contribution in [1.82, 2.24) is 4.98 Å². The molecule has 0 aliphatic heterocycles. The van der Waals surface area contributed by atoms with E-state index in [2.05, 4.69) is 20.9 Å². The molecule has 2 N–H and O–H groups in total. The molecule has 5 heteroatoms. The second-order valence-electron chi connectivity index (χ2n) is 3.86. The summed E-state index contributed by atoms with van der Waals surface area (Å²) in [7, 11) is 0. The van der Waals surface area contributed by atoms with Crippen LogP contribution in [0.25, 0.3) is 20.8 Å². The van der Waals surface area contributed by atoms with Crippen molar-refractivity contribution in [2.24, 2.45) is 0 Å². The lowest BCUT2D eigenvalue weighted by Gasteiger charge is -2.00. The molecular formula is C13H8BrFN2S. The number of hydrogen-bond donors (Lipinski definition) is 1. The second kappa shape index (κ2) is 4.33. The summed E-state index contributed by atoms with van der Waals surface area (Å²) in [6, 6.07) is 10.3. The topological polar surface area (TPSA) is 38.9 Å². The highest BCUT2D eigenvalue weighted by molar-refractivity contribution is 9.10. The normalized spacial score (nSPS) is 11.0. The lowest BCUT2D eigenvalue weighted by atomic mass is 10.2. The Morgan fingerprint density at radius 3 is 2.78 bits per heavy atom. The molecule has 90 valence electrons. The van der Waals surface area contributed by atoms with Crippen molar-refractivity contribution in [1.29, 1.82) is 0 Å². The van der Waals surface area contributed by atoms with Gasteiger partial charge in [0.1, 0.15) is 10.8 Å². The number of benzene rings is 2. The van der Waals surface area contributed by atoms with Gasteiger partial charge in [-0.3, -0.25) is 0 Å². The van der Waals surface area contributed by atoms with E-state index in [-0.39, 0.29) is 5.82 Å². The Hall–Kier alpha value is -1.46. The third-order valence-corrected chi connectivity index (χ3v) is 4.14. The highest BCUT2D eigenvalue weighted by atomic mass is 79.9. The Kier molecular flexibility index (Phi) is 2.80. The molecule has 0 fully saturated rings. The van der Waals surface area contributed by atoms with Crippen LogP contribution in [0.15, 0.2) is 40.9 Å². The van der Waals surface area contributed by atoms with E-state index in [9.17, 15) is 4.39 Å². The van der Waals surface area contributed by atoms with Crippen molar-refractivity contribution < 1.29 is 4.39 Å². The van der Waals surface area contributed by atoms with Gasteiger partial charge in [-0.05, 0) is 36.4 Å². The van der Waals surface area contributed by atoms with Crippen LogP contribution in [0.2, 0.25) is 0 Å². The quantitative estimate of drug-likeness (QED) is 0.672. The number of thiazole rings is 1. The zero-order valence-corrected chi connectivity index (χ0v) is 11.6. The summed E-state index contributed by atoms with van der Waals surface area (Å²) in [5.74, 6) is -0.333. The van der Waals surface area contributed by atoms with Gasteiger partial charge in [0, 0.05) is 15.7 Å². The molecule has 2 aromatic carbocycles. The zero-order valence-electron chi connectivity index (χ0n) is 9.15. The molecule has 3 aromatic rings. The van der Waals surface area contributed by atoms with Gasteiger partial charge in [0.05, 0.1) is 10.2 Å². The number of hydrogen-bond acceptors (Lipinski definition) is 3. The number of fused-ring (bicyclic) bond motifs is 1. The van der Waals surface area contributed by atoms with Gasteiger partial charge in [0.15, 0.2) is 0 Å². The zero-order chi connectivity index (χ0) is 12.7. The van der Waals surface area contributed by atoms with Crippen LogP contribution < -0.4 is 5.73 Å². The lowest BCUT2D eigenvalue weighted by Crippen LogP contribution is -1.90. The van der Waals surface area contributed by atoms with Crippen molar-refractivity contribution in [2.45, 2.75) is 0 Å². The van der Waals surface area contributed by atoms with E-state index in [1.165, 1.54) is 12.1 Å². The molecule has 0 saturated carbocycles. The lowest BCUT2D eigenvalue weighted by molar-refractivity contribution is 0.628. The molecule has 0 unspecified atom stereocenters. The number of nitrogens with two attached hydrogens (primary N) is 1. The SMILES string of the molecule is Nc1cc(F)ccc1-c1nc2ccc(Br)cc2s1. The van der Waals surface area contributed by atoms with Gasteiger partial charge in [-0.2, -0.15) is 0 Å². The number of nitrogens with zero attached hydrogens (tertiary/aromatic N) is 1. The van der Waals surface area contributed by atoms with Crippen molar-refractivity contribution in [3.05, 3.63) is 46.7 Å². The minimum absolute atomic E-state index is 0.333. The average molecular weight is 323 g/mol. The highest BCUT2D eigenvalue weighted by Gasteiger charge is 2.10. The predicted molar refractivity (Wildman–Crippen MR) is 77.1 cm³/mol. The van der Waals surface area contributed by atoms with Crippen molar-refractivity contribution in [3.63, 3.8) is 0 Å². The Bertz CT molecular complexity index is 739. The minimum Gasteiger partial charge on any atom is -0.398 e. The summed E-state index contributed by atoms with van der Waals surface area (Å²) in [4.78, 5) is 4.51. The molecule has 0 aliphatic carbocycles. The van der Waals surface area contributed by atoms with Gasteiger partial charge in [0.2, 0.25) is 0 Å². The standard InChI is InChI=1S/C13H8BrFN2S/c14-7-1-4-11-12(5-7)18-13(17-11)9-3-2-8(15)6-10(9)16/h1-6H,16H2. The maximum absolute atomic E-state index is 13.0. The summed E-state index contributed by atoms with van der Waals surface area (Å²) in [5.41, 5.74) is 7.92. The molecular weight excluding hydrogens is 315 g/mol. The molecule has 0 atom stereocenters. The first kappa shape index (κ1) is 11.6. The second-order valence-corrected chi connectivity index (χ2v) is 5.81. The van der Waals surface area contributed by atoms with Crippen LogP contribution in [0.4, 0.5) is 10.1 Å². The molecule has 3 rings (SSSR count). The van der Waals surface area contributed by atoms with E-state index in [0.29, 0.717) is 5.69 Å². The molecule has 2 nitrogen and oxygen atoms in total. The van der Waals surface area contributed by atoms with Crippen LogP contribution in [0.5, 0.6) is 0 Å². The fourth-order valence-electron chi connectivity index (χ4n) is 1.74. The fourth-order valence-corrected chi connectivity index (χ4v) is 3.31. The Morgan fingerprint density at radius 2 is 2.00 bits per heavy atom. The highest BCUT2D eigenvalue weighted by Crippen LogP contribution is 2.34. The van der Waals surface area contributed by atoms with Crippen LogP contribution in [0.1, 0.15) is 0 Å². The van der Waals surface area contributed by atoms with Crippen LogP contribution in [0, 0.1) is 5.82 Å². The van der Waals surface area contributed by atoms with Gasteiger partial charge >= 0.3 is 0 Å². The van der Waals surface area contributed by atoms with E-state index < -0.39 is 0 Å². The summed E-state index contributed by atoms with van der Waals surface area (Å²) < 4.78 is 15.1. The predicted octanol–water partition coefficient (Wildman–Crippen LogP) is 4.45. The van der Waals surface area contributed by atoms with Crippen molar-refractivity contribution >= 4 is 43.2 Å². The average Bonchev–Trinajstić information content (AvgIpc) is 2.71. The molecule has 18 heavy (non-hydrogen) atoms. The Labute approximate surface area is 115 Å². The molecule has 0 amide bonds. The minimum atomic E-state index is -0.333. The number of rotatable bonds is 1. The van der Waals surface area contributed by atoms with Gasteiger partial charge in [0.25, 0.3) is 0 Å².